The highest BCUT2D eigenvalue weighted by Crippen LogP contribution is 2.44. The van der Waals surface area contributed by atoms with Gasteiger partial charge in [0.1, 0.15) is 5.76 Å². The molecule has 0 unspecified atom stereocenters. The van der Waals surface area contributed by atoms with Crippen LogP contribution in [0.25, 0.3) is 16.0 Å². The van der Waals surface area contributed by atoms with Crippen LogP contribution in [0.4, 0.5) is 10.8 Å². The Labute approximate surface area is 191 Å². The number of benzene rings is 3. The third-order valence-electron chi connectivity index (χ3n) is 5.38. The second-order valence-corrected chi connectivity index (χ2v) is 8.36. The normalized spacial score (nSPS) is 17.6. The van der Waals surface area contributed by atoms with E-state index in [-0.39, 0.29) is 22.2 Å². The van der Waals surface area contributed by atoms with Crippen molar-refractivity contribution in [3.63, 3.8) is 0 Å². The van der Waals surface area contributed by atoms with Gasteiger partial charge in [-0.15, -0.1) is 0 Å². The molecule has 1 fully saturated rings. The van der Waals surface area contributed by atoms with Crippen molar-refractivity contribution in [3.8, 4) is 0 Å². The van der Waals surface area contributed by atoms with E-state index in [1.54, 1.807) is 42.5 Å². The summed E-state index contributed by atoms with van der Waals surface area (Å²) >= 11 is 1.22. The van der Waals surface area contributed by atoms with E-state index in [0.717, 1.165) is 4.70 Å². The molecule has 1 N–H and O–H groups in total. The van der Waals surface area contributed by atoms with E-state index in [0.29, 0.717) is 16.6 Å². The van der Waals surface area contributed by atoms with Crippen molar-refractivity contribution in [1.82, 2.24) is 4.98 Å². The second kappa shape index (κ2) is 7.95. The Morgan fingerprint density at radius 2 is 1.73 bits per heavy atom. The summed E-state index contributed by atoms with van der Waals surface area (Å²) in [4.78, 5) is 42.9. The molecule has 162 valence electrons. The number of aliphatic hydroxyl groups excluding tert-OH is 1. The Balaban J connectivity index is 1.76. The maximum absolute atomic E-state index is 13.2. The van der Waals surface area contributed by atoms with Crippen molar-refractivity contribution in [2.45, 2.75) is 6.04 Å². The highest BCUT2D eigenvalue weighted by atomic mass is 32.1. The van der Waals surface area contributed by atoms with E-state index < -0.39 is 22.7 Å². The quantitative estimate of drug-likeness (QED) is 0.154. The fourth-order valence-electron chi connectivity index (χ4n) is 3.87. The number of rotatable bonds is 4. The molecule has 1 saturated heterocycles. The van der Waals surface area contributed by atoms with E-state index in [4.69, 9.17) is 0 Å². The smallest absolute Gasteiger partial charge is 0.301 e. The van der Waals surface area contributed by atoms with Crippen molar-refractivity contribution in [1.29, 1.82) is 0 Å². The first-order chi connectivity index (χ1) is 16.0. The van der Waals surface area contributed by atoms with Gasteiger partial charge in [-0.3, -0.25) is 24.6 Å². The molecular weight excluding hydrogens is 442 g/mol. The predicted octanol–water partition coefficient (Wildman–Crippen LogP) is 4.83. The molecular formula is C24H15N3O5S. The number of carbonyl (C=O) groups excluding carboxylic acids is 2. The molecule has 1 aromatic heterocycles. The molecule has 1 aliphatic heterocycles. The molecule has 5 rings (SSSR count). The number of ketones is 1. The molecule has 33 heavy (non-hydrogen) atoms. The molecule has 0 radical (unpaired) electrons. The van der Waals surface area contributed by atoms with Gasteiger partial charge in [-0.1, -0.05) is 65.9 Å². The molecule has 4 aromatic rings. The maximum atomic E-state index is 13.2. The SMILES string of the molecule is O=C1C(=O)N(c2nc3ccccc3s2)[C@H](c2cccc([N+](=O)[O-])c2)C1=C(O)c1ccccc1. The minimum Gasteiger partial charge on any atom is -0.507 e. The molecule has 0 saturated carbocycles. The summed E-state index contributed by atoms with van der Waals surface area (Å²) in [7, 11) is 0. The van der Waals surface area contributed by atoms with Gasteiger partial charge < -0.3 is 5.11 Å². The third kappa shape index (κ3) is 3.44. The molecule has 8 nitrogen and oxygen atoms in total. The standard InChI is InChI=1S/C24H15N3O5S/c28-21(14-7-2-1-3-8-14)19-20(15-9-6-10-16(13-15)27(31)32)26(23(30)22(19)29)24-25-17-11-4-5-12-18(17)33-24/h1-13,20,28H/t20-/m1/s1. The zero-order valence-electron chi connectivity index (χ0n) is 16.9. The lowest BCUT2D eigenvalue weighted by molar-refractivity contribution is -0.384. The topological polar surface area (TPSA) is 114 Å². The van der Waals surface area contributed by atoms with E-state index in [1.807, 2.05) is 18.2 Å². The summed E-state index contributed by atoms with van der Waals surface area (Å²) in [5.74, 6) is -2.09. The van der Waals surface area contributed by atoms with Gasteiger partial charge in [0.15, 0.2) is 5.13 Å². The number of carbonyl (C=O) groups is 2. The first kappa shape index (κ1) is 20.5. The molecule has 9 heteroatoms. The van der Waals surface area contributed by atoms with Crippen LogP contribution in [0.1, 0.15) is 17.2 Å². The van der Waals surface area contributed by atoms with Gasteiger partial charge in [0.25, 0.3) is 11.5 Å². The number of anilines is 1. The van der Waals surface area contributed by atoms with E-state index in [1.165, 1.54) is 34.4 Å². The Hall–Kier alpha value is -4.37. The van der Waals surface area contributed by atoms with Crippen LogP contribution in [0.5, 0.6) is 0 Å². The van der Waals surface area contributed by atoms with Crippen LogP contribution in [-0.2, 0) is 9.59 Å². The van der Waals surface area contributed by atoms with Crippen LogP contribution in [-0.4, -0.2) is 26.7 Å². The van der Waals surface area contributed by atoms with Crippen molar-refractivity contribution >= 4 is 49.8 Å². The number of aromatic nitrogens is 1. The number of nitrogens with zero attached hydrogens (tertiary/aromatic N) is 3. The Bertz CT molecular complexity index is 1430. The molecule has 0 aliphatic carbocycles. The molecule has 3 aromatic carbocycles. The van der Waals surface area contributed by atoms with Gasteiger partial charge in [-0.05, 0) is 17.7 Å². The summed E-state index contributed by atoms with van der Waals surface area (Å²) in [6, 6.07) is 20.3. The maximum Gasteiger partial charge on any atom is 0.301 e. The highest BCUT2D eigenvalue weighted by molar-refractivity contribution is 7.22. The van der Waals surface area contributed by atoms with Crippen LogP contribution in [0.2, 0.25) is 0 Å². The molecule has 1 aliphatic rings. The lowest BCUT2D eigenvalue weighted by Gasteiger charge is -2.22. The van der Waals surface area contributed by atoms with Crippen LogP contribution in [0.3, 0.4) is 0 Å². The third-order valence-corrected chi connectivity index (χ3v) is 6.41. The van der Waals surface area contributed by atoms with E-state index in [2.05, 4.69) is 4.98 Å². The Morgan fingerprint density at radius 1 is 1.00 bits per heavy atom. The molecule has 0 spiro atoms. The van der Waals surface area contributed by atoms with Gasteiger partial charge in [0, 0.05) is 17.7 Å². The number of hydrogen-bond donors (Lipinski definition) is 1. The Morgan fingerprint density at radius 3 is 2.45 bits per heavy atom. The fraction of sp³-hybridized carbons (Fsp3) is 0.0417. The van der Waals surface area contributed by atoms with Crippen molar-refractivity contribution in [2.75, 3.05) is 4.90 Å². The van der Waals surface area contributed by atoms with Crippen LogP contribution in [0, 0.1) is 10.1 Å². The number of para-hydroxylation sites is 1. The summed E-state index contributed by atoms with van der Waals surface area (Å²) in [5, 5.41) is 22.7. The number of amides is 1. The molecule has 1 atom stereocenters. The number of thiazole rings is 1. The predicted molar refractivity (Wildman–Crippen MR) is 124 cm³/mol. The fourth-order valence-corrected chi connectivity index (χ4v) is 4.86. The largest absolute Gasteiger partial charge is 0.507 e. The lowest BCUT2D eigenvalue weighted by atomic mass is 9.95. The minimum atomic E-state index is -1.08. The average Bonchev–Trinajstić information content (AvgIpc) is 3.38. The molecule has 0 bridgehead atoms. The first-order valence-electron chi connectivity index (χ1n) is 9.92. The van der Waals surface area contributed by atoms with Crippen molar-refractivity contribution < 1.29 is 19.6 Å². The molecule has 1 amide bonds. The Kier molecular flexibility index (Phi) is 4.95. The van der Waals surface area contributed by atoms with Crippen LogP contribution < -0.4 is 4.90 Å². The van der Waals surface area contributed by atoms with Gasteiger partial charge in [-0.2, -0.15) is 0 Å². The summed E-state index contributed by atoms with van der Waals surface area (Å²) in [6.45, 7) is 0. The number of aliphatic hydroxyl groups is 1. The van der Waals surface area contributed by atoms with Crippen molar-refractivity contribution in [3.05, 3.63) is 106 Å². The van der Waals surface area contributed by atoms with Gasteiger partial charge in [-0.25, -0.2) is 4.98 Å². The zero-order chi connectivity index (χ0) is 23.1. The molecule has 2 heterocycles. The summed E-state index contributed by atoms with van der Waals surface area (Å²) in [5.41, 5.74) is 0.990. The van der Waals surface area contributed by atoms with E-state index in [9.17, 15) is 24.8 Å². The van der Waals surface area contributed by atoms with Gasteiger partial charge in [0.05, 0.1) is 26.8 Å². The van der Waals surface area contributed by atoms with Gasteiger partial charge in [0.2, 0.25) is 0 Å². The number of nitro groups is 1. The number of non-ortho nitro benzene ring substituents is 1. The van der Waals surface area contributed by atoms with Crippen molar-refractivity contribution in [2.24, 2.45) is 0 Å². The van der Waals surface area contributed by atoms with Crippen LogP contribution >= 0.6 is 11.3 Å². The summed E-state index contributed by atoms with van der Waals surface area (Å²) in [6.07, 6.45) is 0. The van der Waals surface area contributed by atoms with Crippen LogP contribution in [0.15, 0.2) is 84.4 Å². The van der Waals surface area contributed by atoms with Gasteiger partial charge >= 0.3 is 5.91 Å². The highest BCUT2D eigenvalue weighted by Gasteiger charge is 2.48. The minimum absolute atomic E-state index is 0.147. The number of nitro benzene ring substituents is 1. The second-order valence-electron chi connectivity index (χ2n) is 7.35. The number of hydrogen-bond acceptors (Lipinski definition) is 7. The first-order valence-corrected chi connectivity index (χ1v) is 10.7. The number of fused-ring (bicyclic) bond motifs is 1. The summed E-state index contributed by atoms with van der Waals surface area (Å²) < 4.78 is 0.815. The lowest BCUT2D eigenvalue weighted by Crippen LogP contribution is -2.29. The average molecular weight is 457 g/mol. The zero-order valence-corrected chi connectivity index (χ0v) is 17.7. The number of Topliss-reactive ketones (excluding diaryl/α,β-unsaturated/α-hetero) is 1. The monoisotopic (exact) mass is 457 g/mol. The van der Waals surface area contributed by atoms with E-state index >= 15 is 0 Å².